The molecule has 0 saturated heterocycles. The average Bonchev–Trinajstić information content (AvgIpc) is 1.31. The van der Waals surface area contributed by atoms with Gasteiger partial charge in [-0.2, -0.15) is 0 Å². The van der Waals surface area contributed by atoms with Crippen LogP contribution in [0.2, 0.25) is 0 Å². The Balaban J connectivity index is 3.54. The third-order valence-corrected chi connectivity index (χ3v) is 5.66. The van der Waals surface area contributed by atoms with E-state index >= 15 is 0 Å². The van der Waals surface area contributed by atoms with E-state index in [1.807, 2.05) is 20.5 Å². The van der Waals surface area contributed by atoms with E-state index in [9.17, 15) is 0 Å². The minimum absolute atomic E-state index is 0.468. The fourth-order valence-corrected chi connectivity index (χ4v) is 0. The first kappa shape index (κ1) is 8.01. The second-order valence-corrected chi connectivity index (χ2v) is 10.5. The van der Waals surface area contributed by atoms with E-state index in [4.69, 9.17) is 22.5 Å². The Bertz CT molecular complexity index is 55.2. The molecule has 0 heterocycles. The summed E-state index contributed by atoms with van der Waals surface area (Å²) in [6.07, 6.45) is 0. The summed E-state index contributed by atoms with van der Waals surface area (Å²) in [5, 5.41) is 0. The molecule has 0 aromatic rings. The third kappa shape index (κ3) is 3.58. The van der Waals surface area contributed by atoms with Crippen LogP contribution in [-0.2, 0) is 0 Å². The van der Waals surface area contributed by atoms with E-state index in [0.717, 1.165) is 0 Å². The van der Waals surface area contributed by atoms with Gasteiger partial charge >= 0.3 is 54.6 Å². The van der Waals surface area contributed by atoms with Gasteiger partial charge in [0.25, 0.3) is 0 Å². The van der Waals surface area contributed by atoms with Gasteiger partial charge in [0.2, 0.25) is 0 Å². The van der Waals surface area contributed by atoms with Crippen LogP contribution in [0.1, 0.15) is 13.8 Å². The fraction of sp³-hybridized carbons (Fsp3) is 1.00. The molecule has 0 spiro atoms. The second-order valence-electron chi connectivity index (χ2n) is 2.11. The maximum absolute atomic E-state index is 5.77. The van der Waals surface area contributed by atoms with Crippen molar-refractivity contribution in [3.8, 4) is 0 Å². The molecule has 46 valence electrons. The summed E-state index contributed by atoms with van der Waals surface area (Å²) in [4.78, 5) is 0. The van der Waals surface area contributed by atoms with Gasteiger partial charge in [-0.3, -0.25) is 0 Å². The van der Waals surface area contributed by atoms with Crippen molar-refractivity contribution in [2.45, 2.75) is 19.5 Å². The van der Waals surface area contributed by atoms with Gasteiger partial charge in [0, 0.05) is 0 Å². The predicted octanol–water partition coefficient (Wildman–Crippen LogP) is 3.08. The first-order valence-corrected chi connectivity index (χ1v) is 6.92. The first-order valence-electron chi connectivity index (χ1n) is 2.32. The molecule has 3 heteroatoms. The summed E-state index contributed by atoms with van der Waals surface area (Å²) >= 11 is 11.5. The van der Waals surface area contributed by atoms with E-state index in [1.54, 1.807) is 0 Å². The van der Waals surface area contributed by atoms with Gasteiger partial charge in [0.15, 0.2) is 0 Å². The van der Waals surface area contributed by atoms with Crippen LogP contribution < -0.4 is 0 Å². The normalized spacial score (nSPS) is 15.1. The molecule has 0 nitrogen and oxygen atoms in total. The molecule has 0 aliphatic rings. The van der Waals surface area contributed by atoms with Gasteiger partial charge in [0.1, 0.15) is 0 Å². The summed E-state index contributed by atoms with van der Waals surface area (Å²) in [5.74, 6) is -1.79. The minimum atomic E-state index is -1.79. The summed E-state index contributed by atoms with van der Waals surface area (Å²) < 4.78 is 0. The van der Waals surface area contributed by atoms with Crippen molar-refractivity contribution >= 4 is 28.4 Å². The number of hydrogen-bond donors (Lipinski definition) is 0. The first-order chi connectivity index (χ1) is 2.94. The topological polar surface area (TPSA) is 0 Å². The van der Waals surface area contributed by atoms with Gasteiger partial charge < -0.3 is 0 Å². The fourth-order valence-electron chi connectivity index (χ4n) is 0. The Morgan fingerprint density at radius 2 is 1.43 bits per heavy atom. The van der Waals surface area contributed by atoms with E-state index in [2.05, 4.69) is 0 Å². The molecule has 0 fully saturated rings. The van der Waals surface area contributed by atoms with E-state index in [1.165, 1.54) is 0 Å². The zero-order valence-electron chi connectivity index (χ0n) is 4.83. The molecule has 0 aromatic carbocycles. The van der Waals surface area contributed by atoms with Crippen LogP contribution in [0.15, 0.2) is 0 Å². The Labute approximate surface area is 55.1 Å². The summed E-state index contributed by atoms with van der Waals surface area (Å²) in [6.45, 7) is 6.03. The van der Waals surface area contributed by atoms with Crippen LogP contribution in [0.4, 0.5) is 0 Å². The SMILES string of the molecule is CC(C)[PH](C)(Cl)Cl. The summed E-state index contributed by atoms with van der Waals surface area (Å²) in [6, 6.07) is 0. The Morgan fingerprint density at radius 1 is 1.29 bits per heavy atom. The number of hydrogen-bond acceptors (Lipinski definition) is 0. The molecule has 0 amide bonds. The van der Waals surface area contributed by atoms with Crippen LogP contribution in [-0.4, -0.2) is 12.3 Å². The van der Waals surface area contributed by atoms with Crippen LogP contribution in [0.3, 0.4) is 0 Å². The molecule has 0 N–H and O–H groups in total. The van der Waals surface area contributed by atoms with Crippen molar-refractivity contribution in [1.29, 1.82) is 0 Å². The standard InChI is InChI=1S/C4H11Cl2P/c1-4(2)7(3,5)6/h4,7H,1-3H3. The molecule has 0 saturated carbocycles. The van der Waals surface area contributed by atoms with Crippen molar-refractivity contribution < 1.29 is 0 Å². The van der Waals surface area contributed by atoms with Crippen LogP contribution in [0.25, 0.3) is 0 Å². The molecule has 0 aliphatic carbocycles. The molecule has 0 radical (unpaired) electrons. The molecule has 0 rings (SSSR count). The van der Waals surface area contributed by atoms with E-state index < -0.39 is 5.97 Å². The molecule has 7 heavy (non-hydrogen) atoms. The monoisotopic (exact) mass is 160 g/mol. The second kappa shape index (κ2) is 2.53. The predicted molar refractivity (Wildman–Crippen MR) is 41.1 cm³/mol. The number of rotatable bonds is 1. The zero-order chi connectivity index (χ0) is 6.08. The van der Waals surface area contributed by atoms with Crippen LogP contribution in [0, 0.1) is 0 Å². The zero-order valence-corrected chi connectivity index (χ0v) is 7.35. The molecule has 0 bridgehead atoms. The average molecular weight is 161 g/mol. The van der Waals surface area contributed by atoms with Gasteiger partial charge in [-0.1, -0.05) is 0 Å². The van der Waals surface area contributed by atoms with Gasteiger partial charge in [-0.25, -0.2) is 0 Å². The van der Waals surface area contributed by atoms with Gasteiger partial charge in [-0.15, -0.1) is 0 Å². The number of halogens is 2. The van der Waals surface area contributed by atoms with Crippen LogP contribution >= 0.6 is 28.4 Å². The van der Waals surface area contributed by atoms with Crippen molar-refractivity contribution in [2.75, 3.05) is 6.66 Å². The summed E-state index contributed by atoms with van der Waals surface area (Å²) in [5.41, 5.74) is 0.468. The van der Waals surface area contributed by atoms with Gasteiger partial charge in [-0.05, 0) is 0 Å². The van der Waals surface area contributed by atoms with Crippen molar-refractivity contribution in [1.82, 2.24) is 0 Å². The molecule has 0 unspecified atom stereocenters. The van der Waals surface area contributed by atoms with Crippen molar-refractivity contribution in [2.24, 2.45) is 0 Å². The van der Waals surface area contributed by atoms with Gasteiger partial charge in [0.05, 0.1) is 0 Å². The third-order valence-electron chi connectivity index (χ3n) is 1.01. The molecular formula is C4H11Cl2P. The summed E-state index contributed by atoms with van der Waals surface area (Å²) in [7, 11) is 0. The van der Waals surface area contributed by atoms with Crippen molar-refractivity contribution in [3.05, 3.63) is 0 Å². The van der Waals surface area contributed by atoms with E-state index in [0.29, 0.717) is 5.66 Å². The molecular weight excluding hydrogens is 150 g/mol. The molecule has 0 atom stereocenters. The maximum atomic E-state index is 5.77. The Morgan fingerprint density at radius 3 is 1.43 bits per heavy atom. The van der Waals surface area contributed by atoms with Crippen molar-refractivity contribution in [3.63, 3.8) is 0 Å². The van der Waals surface area contributed by atoms with Crippen LogP contribution in [0.5, 0.6) is 0 Å². The molecule has 0 aromatic heterocycles. The van der Waals surface area contributed by atoms with E-state index in [-0.39, 0.29) is 0 Å². The Kier molecular flexibility index (Phi) is 2.89. The Hall–Kier alpha value is 1.01. The molecule has 0 aliphatic heterocycles. The quantitative estimate of drug-likeness (QED) is 0.518.